The molecule has 0 unspecified atom stereocenters. The van der Waals surface area contributed by atoms with E-state index in [9.17, 15) is 5.11 Å². The second kappa shape index (κ2) is 4.52. The third-order valence-corrected chi connectivity index (χ3v) is 2.54. The third kappa shape index (κ3) is 2.43. The molecule has 0 saturated heterocycles. The lowest BCUT2D eigenvalue weighted by atomic mass is 10.2. The molecule has 0 bridgehead atoms. The fourth-order valence-electron chi connectivity index (χ4n) is 1.17. The zero-order valence-electron chi connectivity index (χ0n) is 8.41. The molecule has 0 spiro atoms. The summed E-state index contributed by atoms with van der Waals surface area (Å²) < 4.78 is 1.95. The van der Waals surface area contributed by atoms with E-state index in [-0.39, 0.29) is 11.5 Å². The fraction of sp³-hybridized carbons (Fsp3) is 0. The Morgan fingerprint density at radius 3 is 2.41 bits per heavy atom. The van der Waals surface area contributed by atoms with E-state index < -0.39 is 0 Å². The highest BCUT2D eigenvalue weighted by molar-refractivity contribution is 7.72. The van der Waals surface area contributed by atoms with Gasteiger partial charge in [0.1, 0.15) is 11.5 Å². The van der Waals surface area contributed by atoms with Crippen molar-refractivity contribution in [3.8, 4) is 11.5 Å². The number of aromatic nitrogens is 3. The first-order valence-corrected chi connectivity index (χ1v) is 5.35. The van der Waals surface area contributed by atoms with Crippen molar-refractivity contribution in [3.63, 3.8) is 0 Å². The summed E-state index contributed by atoms with van der Waals surface area (Å²) in [6.45, 7) is 0. The summed E-state index contributed by atoms with van der Waals surface area (Å²) in [5.41, 5.74) is 0.445. The van der Waals surface area contributed by atoms with Gasteiger partial charge in [0.05, 0.1) is 6.21 Å². The molecule has 1 aromatic heterocycles. The summed E-state index contributed by atoms with van der Waals surface area (Å²) in [6.07, 6.45) is 1.39. The molecule has 1 heterocycles. The molecule has 2 rings (SSSR count). The maximum Gasteiger partial charge on any atom is 0.215 e. The van der Waals surface area contributed by atoms with Gasteiger partial charge in [-0.3, -0.25) is 10.2 Å². The van der Waals surface area contributed by atoms with Crippen molar-refractivity contribution in [3.05, 3.63) is 33.3 Å². The maximum absolute atomic E-state index is 9.53. The molecular weight excluding hydrogens is 260 g/mol. The number of hydrogen-bond donors (Lipinski definition) is 4. The largest absolute Gasteiger partial charge is 0.508 e. The Hall–Kier alpha value is -1.93. The molecule has 6 nitrogen and oxygen atoms in total. The van der Waals surface area contributed by atoms with E-state index in [1.807, 2.05) is 0 Å². The number of phenols is 2. The molecule has 0 aliphatic heterocycles. The van der Waals surface area contributed by atoms with Crippen LogP contribution in [0.5, 0.6) is 11.5 Å². The van der Waals surface area contributed by atoms with Gasteiger partial charge in [0.15, 0.2) is 0 Å². The highest BCUT2D eigenvalue weighted by Crippen LogP contribution is 2.20. The molecular formula is C9H8N4O2S2. The first-order valence-electron chi connectivity index (χ1n) is 4.54. The van der Waals surface area contributed by atoms with Crippen molar-refractivity contribution in [1.29, 1.82) is 0 Å². The first kappa shape index (κ1) is 11.6. The third-order valence-electron chi connectivity index (χ3n) is 1.99. The highest BCUT2D eigenvalue weighted by Gasteiger charge is 1.99. The van der Waals surface area contributed by atoms with Gasteiger partial charge < -0.3 is 10.2 Å². The second-order valence-corrected chi connectivity index (χ2v) is 3.93. The average molecular weight is 268 g/mol. The van der Waals surface area contributed by atoms with E-state index in [1.54, 1.807) is 0 Å². The maximum atomic E-state index is 9.53. The molecule has 8 heteroatoms. The van der Waals surface area contributed by atoms with E-state index in [2.05, 4.69) is 15.3 Å². The molecule has 4 N–H and O–H groups in total. The van der Waals surface area contributed by atoms with Gasteiger partial charge in [-0.1, -0.05) is 0 Å². The van der Waals surface area contributed by atoms with Crippen LogP contribution < -0.4 is 0 Å². The number of nitrogens with one attached hydrogen (secondary N) is 2. The Labute approximate surface area is 106 Å². The molecule has 0 radical (unpaired) electrons. The quantitative estimate of drug-likeness (QED) is 0.494. The number of benzene rings is 1. The average Bonchev–Trinajstić information content (AvgIpc) is 2.58. The molecule has 0 atom stereocenters. The Balaban J connectivity index is 2.39. The van der Waals surface area contributed by atoms with Gasteiger partial charge in [-0.2, -0.15) is 9.78 Å². The van der Waals surface area contributed by atoms with Crippen molar-refractivity contribution < 1.29 is 10.2 Å². The van der Waals surface area contributed by atoms with Crippen molar-refractivity contribution in [1.82, 2.24) is 14.9 Å². The standard InChI is InChI=1S/C9H8N4O2S2/c14-6-2-1-5(7(15)3-6)4-10-13-8(16)11-12-9(13)17/h1-4,14-15H,(H,11,16)(H,12,17)/b10-4+. The van der Waals surface area contributed by atoms with Crippen LogP contribution in [0.3, 0.4) is 0 Å². The predicted octanol–water partition coefficient (Wildman–Crippen LogP) is 1.90. The normalized spacial score (nSPS) is 11.1. The van der Waals surface area contributed by atoms with E-state index >= 15 is 0 Å². The van der Waals surface area contributed by atoms with Gasteiger partial charge in [0.2, 0.25) is 9.54 Å². The Bertz CT molecular complexity index is 655. The lowest BCUT2D eigenvalue weighted by Crippen LogP contribution is -1.91. The summed E-state index contributed by atoms with van der Waals surface area (Å²) in [7, 11) is 0. The van der Waals surface area contributed by atoms with Gasteiger partial charge in [-0.05, 0) is 36.6 Å². The summed E-state index contributed by atoms with van der Waals surface area (Å²) >= 11 is 9.87. The lowest BCUT2D eigenvalue weighted by Gasteiger charge is -1.98. The number of aromatic hydroxyl groups is 2. The molecule has 2 aromatic rings. The number of phenolic OH excluding ortho intramolecular Hbond substituents is 2. The first-order chi connectivity index (χ1) is 8.08. The molecule has 1 aromatic carbocycles. The van der Waals surface area contributed by atoms with Crippen LogP contribution in [-0.2, 0) is 0 Å². The van der Waals surface area contributed by atoms with Gasteiger partial charge >= 0.3 is 0 Å². The SMILES string of the molecule is Oc1ccc(/C=N/n2c(=S)[nH][nH]c2=S)c(O)c1. The second-order valence-electron chi connectivity index (χ2n) is 3.16. The zero-order chi connectivity index (χ0) is 12.4. The smallest absolute Gasteiger partial charge is 0.215 e. The monoisotopic (exact) mass is 268 g/mol. The zero-order valence-corrected chi connectivity index (χ0v) is 10.0. The van der Waals surface area contributed by atoms with Crippen LogP contribution in [0.4, 0.5) is 0 Å². The minimum Gasteiger partial charge on any atom is -0.508 e. The lowest BCUT2D eigenvalue weighted by molar-refractivity contribution is 0.450. The summed E-state index contributed by atoms with van der Waals surface area (Å²) in [5, 5.41) is 27.9. The van der Waals surface area contributed by atoms with Gasteiger partial charge in [-0.15, -0.1) is 0 Å². The molecule has 0 aliphatic carbocycles. The number of H-pyrrole nitrogens is 2. The molecule has 0 amide bonds. The predicted molar refractivity (Wildman–Crippen MR) is 67.6 cm³/mol. The van der Waals surface area contributed by atoms with Gasteiger partial charge in [-0.25, -0.2) is 0 Å². The van der Waals surface area contributed by atoms with Gasteiger partial charge in [0, 0.05) is 11.6 Å². The van der Waals surface area contributed by atoms with Crippen molar-refractivity contribution in [2.75, 3.05) is 0 Å². The molecule has 0 aliphatic rings. The summed E-state index contributed by atoms with van der Waals surface area (Å²) in [6, 6.07) is 4.19. The molecule has 0 fully saturated rings. The minimum atomic E-state index is -0.0781. The van der Waals surface area contributed by atoms with Crippen LogP contribution in [-0.4, -0.2) is 31.3 Å². The number of rotatable bonds is 2. The number of hydrogen-bond acceptors (Lipinski definition) is 5. The van der Waals surface area contributed by atoms with Crippen LogP contribution in [0, 0.1) is 9.54 Å². The van der Waals surface area contributed by atoms with E-state index in [4.69, 9.17) is 29.5 Å². The Morgan fingerprint density at radius 2 is 1.82 bits per heavy atom. The Kier molecular flexibility index (Phi) is 3.07. The minimum absolute atomic E-state index is 0.0183. The van der Waals surface area contributed by atoms with Crippen molar-refractivity contribution >= 4 is 30.7 Å². The van der Waals surface area contributed by atoms with Gasteiger partial charge in [0.25, 0.3) is 0 Å². The van der Waals surface area contributed by atoms with E-state index in [0.717, 1.165) is 0 Å². The van der Waals surface area contributed by atoms with Crippen LogP contribution in [0.25, 0.3) is 0 Å². The van der Waals surface area contributed by atoms with Crippen LogP contribution in [0.2, 0.25) is 0 Å². The highest BCUT2D eigenvalue weighted by atomic mass is 32.1. The summed E-state index contributed by atoms with van der Waals surface area (Å²) in [4.78, 5) is 0. The van der Waals surface area contributed by atoms with E-state index in [1.165, 1.54) is 29.1 Å². The van der Waals surface area contributed by atoms with Crippen LogP contribution in [0.1, 0.15) is 5.56 Å². The molecule has 0 saturated carbocycles. The fourth-order valence-corrected chi connectivity index (χ4v) is 1.61. The van der Waals surface area contributed by atoms with E-state index in [0.29, 0.717) is 15.1 Å². The number of nitrogens with zero attached hydrogens (tertiary/aromatic N) is 2. The topological polar surface area (TPSA) is 89.3 Å². The molecule has 17 heavy (non-hydrogen) atoms. The summed E-state index contributed by atoms with van der Waals surface area (Å²) in [5.74, 6) is -0.0964. The van der Waals surface area contributed by atoms with Crippen molar-refractivity contribution in [2.24, 2.45) is 5.10 Å². The van der Waals surface area contributed by atoms with Crippen LogP contribution in [0.15, 0.2) is 23.3 Å². The molecule has 88 valence electrons. The van der Waals surface area contributed by atoms with Crippen LogP contribution >= 0.6 is 24.4 Å². The van der Waals surface area contributed by atoms with Crippen molar-refractivity contribution in [2.45, 2.75) is 0 Å². The number of aromatic amines is 2. The Morgan fingerprint density at radius 1 is 1.18 bits per heavy atom.